The Bertz CT molecular complexity index is 580. The highest BCUT2D eigenvalue weighted by Crippen LogP contribution is 2.29. The number of hydrogen-bond acceptors (Lipinski definition) is 4. The van der Waals surface area contributed by atoms with Crippen LogP contribution in [0.4, 0.5) is 0 Å². The number of aromatic nitrogens is 1. The van der Waals surface area contributed by atoms with E-state index in [1.807, 2.05) is 23.1 Å². The number of nitrogens with zero attached hydrogens (tertiary/aromatic N) is 2. The average Bonchev–Trinajstić information content (AvgIpc) is 2.38. The molecule has 0 aliphatic carbocycles. The highest BCUT2D eigenvalue weighted by molar-refractivity contribution is 7.91. The minimum Gasteiger partial charge on any atom is -0.341 e. The molecule has 0 radical (unpaired) electrons. The summed E-state index contributed by atoms with van der Waals surface area (Å²) in [5.41, 5.74) is 1.03. The molecule has 2 aliphatic rings. The number of carbonyl (C=O) groups is 1. The predicted octanol–water partition coefficient (Wildman–Crippen LogP) is 0.832. The number of sulfone groups is 1. The molecule has 1 amide bonds. The van der Waals surface area contributed by atoms with Gasteiger partial charge >= 0.3 is 0 Å². The van der Waals surface area contributed by atoms with E-state index < -0.39 is 9.84 Å². The fraction of sp³-hybridized carbons (Fsp3) is 0.571. The van der Waals surface area contributed by atoms with Gasteiger partial charge < -0.3 is 4.90 Å². The summed E-state index contributed by atoms with van der Waals surface area (Å²) in [6.45, 7) is 1.41. The van der Waals surface area contributed by atoms with Gasteiger partial charge in [-0.2, -0.15) is 0 Å². The quantitative estimate of drug-likeness (QED) is 0.810. The van der Waals surface area contributed by atoms with Crippen molar-refractivity contribution in [3.63, 3.8) is 0 Å². The standard InChI is InChI=1S/C14H18N2O3S/c17-14(11-4-7-20(18,19)8-5-11)16-9-12(10-16)13-3-1-2-6-15-13/h1-3,6,11-12H,4-5,7-10H2. The zero-order valence-corrected chi connectivity index (χ0v) is 12.1. The van der Waals surface area contributed by atoms with Crippen LogP contribution in [0.25, 0.3) is 0 Å². The van der Waals surface area contributed by atoms with Crippen LogP contribution in [0.1, 0.15) is 24.5 Å². The molecule has 0 unspecified atom stereocenters. The van der Waals surface area contributed by atoms with E-state index in [9.17, 15) is 13.2 Å². The van der Waals surface area contributed by atoms with E-state index >= 15 is 0 Å². The molecule has 20 heavy (non-hydrogen) atoms. The van der Waals surface area contributed by atoms with Gasteiger partial charge in [0.1, 0.15) is 9.84 Å². The van der Waals surface area contributed by atoms with Crippen LogP contribution in [-0.2, 0) is 14.6 Å². The average molecular weight is 294 g/mol. The first-order chi connectivity index (χ1) is 9.55. The minimum absolute atomic E-state index is 0.108. The summed E-state index contributed by atoms with van der Waals surface area (Å²) < 4.78 is 22.8. The number of hydrogen-bond donors (Lipinski definition) is 0. The molecule has 108 valence electrons. The number of amides is 1. The lowest BCUT2D eigenvalue weighted by molar-refractivity contribution is -0.140. The first kappa shape index (κ1) is 13.5. The van der Waals surface area contributed by atoms with E-state index in [1.165, 1.54) is 0 Å². The Morgan fingerprint density at radius 1 is 1.20 bits per heavy atom. The lowest BCUT2D eigenvalue weighted by atomic mass is 9.92. The van der Waals surface area contributed by atoms with Crippen molar-refractivity contribution in [2.24, 2.45) is 5.92 Å². The van der Waals surface area contributed by atoms with Gasteiger partial charge in [0.15, 0.2) is 0 Å². The molecule has 6 heteroatoms. The third kappa shape index (κ3) is 2.70. The molecule has 0 atom stereocenters. The van der Waals surface area contributed by atoms with Crippen molar-refractivity contribution in [2.45, 2.75) is 18.8 Å². The maximum atomic E-state index is 12.3. The number of pyridine rings is 1. The van der Waals surface area contributed by atoms with Gasteiger partial charge in [-0.15, -0.1) is 0 Å². The van der Waals surface area contributed by atoms with Crippen LogP contribution in [-0.4, -0.2) is 48.8 Å². The van der Waals surface area contributed by atoms with Crippen molar-refractivity contribution in [1.29, 1.82) is 0 Å². The molecule has 2 saturated heterocycles. The largest absolute Gasteiger partial charge is 0.341 e. The molecular weight excluding hydrogens is 276 g/mol. The molecule has 2 aliphatic heterocycles. The van der Waals surface area contributed by atoms with Crippen molar-refractivity contribution in [3.05, 3.63) is 30.1 Å². The molecule has 3 heterocycles. The summed E-state index contributed by atoms with van der Waals surface area (Å²) in [6.07, 6.45) is 2.73. The van der Waals surface area contributed by atoms with Gasteiger partial charge in [-0.25, -0.2) is 8.42 Å². The summed E-state index contributed by atoms with van der Waals surface area (Å²) in [5.74, 6) is 0.643. The molecule has 1 aromatic heterocycles. The first-order valence-electron chi connectivity index (χ1n) is 6.95. The Kier molecular flexibility index (Phi) is 3.50. The van der Waals surface area contributed by atoms with Crippen molar-refractivity contribution in [3.8, 4) is 0 Å². The lowest BCUT2D eigenvalue weighted by Gasteiger charge is -2.41. The van der Waals surface area contributed by atoms with Crippen LogP contribution in [0, 0.1) is 5.92 Å². The van der Waals surface area contributed by atoms with Crippen molar-refractivity contribution < 1.29 is 13.2 Å². The second-order valence-electron chi connectivity index (χ2n) is 5.62. The number of rotatable bonds is 2. The molecule has 0 N–H and O–H groups in total. The maximum absolute atomic E-state index is 12.3. The number of carbonyl (C=O) groups excluding carboxylic acids is 1. The first-order valence-corrected chi connectivity index (χ1v) is 8.77. The second-order valence-corrected chi connectivity index (χ2v) is 7.92. The van der Waals surface area contributed by atoms with Gasteiger partial charge in [-0.05, 0) is 25.0 Å². The topological polar surface area (TPSA) is 67.3 Å². The minimum atomic E-state index is -2.90. The third-order valence-electron chi connectivity index (χ3n) is 4.20. The molecule has 1 aromatic rings. The third-order valence-corrected chi connectivity index (χ3v) is 5.92. The van der Waals surface area contributed by atoms with Crippen molar-refractivity contribution >= 4 is 15.7 Å². The Balaban J connectivity index is 1.54. The van der Waals surface area contributed by atoms with Crippen LogP contribution in [0.5, 0.6) is 0 Å². The van der Waals surface area contributed by atoms with Gasteiger partial charge in [-0.1, -0.05) is 6.07 Å². The fourth-order valence-electron chi connectivity index (χ4n) is 2.86. The van der Waals surface area contributed by atoms with Gasteiger partial charge in [0, 0.05) is 36.8 Å². The van der Waals surface area contributed by atoms with Crippen molar-refractivity contribution in [2.75, 3.05) is 24.6 Å². The van der Waals surface area contributed by atoms with E-state index in [-0.39, 0.29) is 23.3 Å². The zero-order chi connectivity index (χ0) is 14.2. The Labute approximate surface area is 118 Å². The second kappa shape index (κ2) is 5.16. The summed E-state index contributed by atoms with van der Waals surface area (Å²) in [6, 6.07) is 5.83. The maximum Gasteiger partial charge on any atom is 0.225 e. The summed E-state index contributed by atoms with van der Waals surface area (Å²) in [4.78, 5) is 18.4. The van der Waals surface area contributed by atoms with Crippen LogP contribution in [0.15, 0.2) is 24.4 Å². The van der Waals surface area contributed by atoms with Crippen LogP contribution in [0.2, 0.25) is 0 Å². The Morgan fingerprint density at radius 2 is 1.90 bits per heavy atom. The normalized spacial score (nSPS) is 23.3. The monoisotopic (exact) mass is 294 g/mol. The van der Waals surface area contributed by atoms with Crippen LogP contribution < -0.4 is 0 Å². The highest BCUT2D eigenvalue weighted by atomic mass is 32.2. The Morgan fingerprint density at radius 3 is 2.50 bits per heavy atom. The lowest BCUT2D eigenvalue weighted by Crippen LogP contribution is -2.51. The molecule has 5 nitrogen and oxygen atoms in total. The van der Waals surface area contributed by atoms with E-state index in [2.05, 4.69) is 4.98 Å². The molecule has 0 bridgehead atoms. The zero-order valence-electron chi connectivity index (χ0n) is 11.2. The van der Waals surface area contributed by atoms with E-state index in [1.54, 1.807) is 6.20 Å². The van der Waals surface area contributed by atoms with E-state index in [0.29, 0.717) is 31.8 Å². The summed E-state index contributed by atoms with van der Waals surface area (Å²) in [7, 11) is -2.90. The molecule has 0 spiro atoms. The van der Waals surface area contributed by atoms with Gasteiger partial charge in [0.25, 0.3) is 0 Å². The van der Waals surface area contributed by atoms with Crippen molar-refractivity contribution in [1.82, 2.24) is 9.88 Å². The smallest absolute Gasteiger partial charge is 0.225 e. The molecule has 0 aromatic carbocycles. The van der Waals surface area contributed by atoms with E-state index in [4.69, 9.17) is 0 Å². The van der Waals surface area contributed by atoms with E-state index in [0.717, 1.165) is 5.69 Å². The molecule has 3 rings (SSSR count). The fourth-order valence-corrected chi connectivity index (χ4v) is 4.35. The SMILES string of the molecule is O=C(C1CCS(=O)(=O)CC1)N1CC(c2ccccn2)C1. The summed E-state index contributed by atoms with van der Waals surface area (Å²) >= 11 is 0. The number of likely N-dealkylation sites (tertiary alicyclic amines) is 1. The predicted molar refractivity (Wildman–Crippen MR) is 74.9 cm³/mol. The van der Waals surface area contributed by atoms with Gasteiger partial charge in [0.2, 0.25) is 5.91 Å². The summed E-state index contributed by atoms with van der Waals surface area (Å²) in [5, 5.41) is 0. The molecule has 0 saturated carbocycles. The highest BCUT2D eigenvalue weighted by Gasteiger charge is 2.37. The van der Waals surface area contributed by atoms with Crippen LogP contribution >= 0.6 is 0 Å². The molecule has 2 fully saturated rings. The Hall–Kier alpha value is -1.43. The van der Waals surface area contributed by atoms with Crippen LogP contribution in [0.3, 0.4) is 0 Å². The van der Waals surface area contributed by atoms with Gasteiger partial charge in [-0.3, -0.25) is 9.78 Å². The van der Waals surface area contributed by atoms with Gasteiger partial charge in [0.05, 0.1) is 11.5 Å². The molecular formula is C14H18N2O3S.